The summed E-state index contributed by atoms with van der Waals surface area (Å²) >= 11 is 0. The molecular weight excluding hydrogens is 196 g/mol. The molecule has 1 aromatic heterocycles. The zero-order valence-corrected chi connectivity index (χ0v) is 8.65. The van der Waals surface area contributed by atoms with Gasteiger partial charge >= 0.3 is 5.97 Å². The Morgan fingerprint density at radius 2 is 2.13 bits per heavy atom. The van der Waals surface area contributed by atoms with Crippen LogP contribution in [0.3, 0.4) is 0 Å². The van der Waals surface area contributed by atoms with Gasteiger partial charge in [-0.05, 0) is 12.0 Å². The smallest absolute Gasteiger partial charge is 0.326 e. The van der Waals surface area contributed by atoms with Crippen molar-refractivity contribution in [2.24, 2.45) is 5.92 Å². The van der Waals surface area contributed by atoms with Crippen molar-refractivity contribution in [3.05, 3.63) is 24.0 Å². The van der Waals surface area contributed by atoms with E-state index in [1.807, 2.05) is 0 Å². The summed E-state index contributed by atoms with van der Waals surface area (Å²) < 4.78 is 0. The molecule has 0 spiro atoms. The van der Waals surface area contributed by atoms with Crippen LogP contribution in [0.25, 0.3) is 0 Å². The summed E-state index contributed by atoms with van der Waals surface area (Å²) in [4.78, 5) is 25.1. The van der Waals surface area contributed by atoms with Crippen molar-refractivity contribution in [1.82, 2.24) is 10.3 Å². The number of hydrogen-bond acceptors (Lipinski definition) is 2. The SMILES string of the molecule is CC(C)[C@H](NC(=O)c1cc[nH]c1)C(=O)O. The Kier molecular flexibility index (Phi) is 3.49. The van der Waals surface area contributed by atoms with Gasteiger partial charge in [-0.1, -0.05) is 13.8 Å². The van der Waals surface area contributed by atoms with Gasteiger partial charge in [0.15, 0.2) is 0 Å². The van der Waals surface area contributed by atoms with E-state index in [2.05, 4.69) is 10.3 Å². The molecule has 0 aliphatic heterocycles. The van der Waals surface area contributed by atoms with Crippen molar-refractivity contribution < 1.29 is 14.7 Å². The molecule has 0 fully saturated rings. The number of rotatable bonds is 4. The van der Waals surface area contributed by atoms with Crippen LogP contribution in [0.2, 0.25) is 0 Å². The van der Waals surface area contributed by atoms with E-state index in [9.17, 15) is 9.59 Å². The standard InChI is InChI=1S/C10H14N2O3/c1-6(2)8(10(14)15)12-9(13)7-3-4-11-5-7/h3-6,8,11H,1-2H3,(H,12,13)(H,14,15)/t8-/m0/s1. The second-order valence-electron chi connectivity index (χ2n) is 3.63. The first-order chi connectivity index (χ1) is 7.02. The molecule has 0 saturated heterocycles. The van der Waals surface area contributed by atoms with Gasteiger partial charge in [0.25, 0.3) is 5.91 Å². The third-order valence-electron chi connectivity index (χ3n) is 2.08. The Morgan fingerprint density at radius 3 is 2.53 bits per heavy atom. The van der Waals surface area contributed by atoms with E-state index >= 15 is 0 Å². The molecule has 0 radical (unpaired) electrons. The summed E-state index contributed by atoms with van der Waals surface area (Å²) in [5.74, 6) is -1.54. The van der Waals surface area contributed by atoms with Gasteiger partial charge < -0.3 is 15.4 Å². The van der Waals surface area contributed by atoms with Crippen LogP contribution in [0, 0.1) is 5.92 Å². The number of carbonyl (C=O) groups is 2. The predicted octanol–water partition coefficient (Wildman–Crippen LogP) is 0.854. The number of aromatic amines is 1. The van der Waals surface area contributed by atoms with E-state index in [0.29, 0.717) is 5.56 Å². The lowest BCUT2D eigenvalue weighted by Gasteiger charge is -2.17. The lowest BCUT2D eigenvalue weighted by molar-refractivity contribution is -0.140. The Labute approximate surface area is 87.5 Å². The summed E-state index contributed by atoms with van der Waals surface area (Å²) in [7, 11) is 0. The van der Waals surface area contributed by atoms with E-state index in [1.54, 1.807) is 26.1 Å². The molecule has 0 unspecified atom stereocenters. The summed E-state index contributed by atoms with van der Waals surface area (Å²) in [6, 6.07) is 0.738. The quantitative estimate of drug-likeness (QED) is 0.689. The maximum atomic E-state index is 11.5. The molecule has 0 aliphatic rings. The third-order valence-corrected chi connectivity index (χ3v) is 2.08. The lowest BCUT2D eigenvalue weighted by atomic mass is 10.0. The first-order valence-corrected chi connectivity index (χ1v) is 4.69. The maximum Gasteiger partial charge on any atom is 0.326 e. The first-order valence-electron chi connectivity index (χ1n) is 4.69. The number of aliphatic carboxylic acids is 1. The molecule has 0 aromatic carbocycles. The molecule has 82 valence electrons. The molecule has 3 N–H and O–H groups in total. The largest absolute Gasteiger partial charge is 0.480 e. The van der Waals surface area contributed by atoms with Gasteiger partial charge in [-0.25, -0.2) is 4.79 Å². The van der Waals surface area contributed by atoms with E-state index < -0.39 is 12.0 Å². The predicted molar refractivity (Wildman–Crippen MR) is 54.5 cm³/mol. The average molecular weight is 210 g/mol. The van der Waals surface area contributed by atoms with Crippen molar-refractivity contribution in [3.8, 4) is 0 Å². The second kappa shape index (κ2) is 4.63. The minimum atomic E-state index is -1.02. The molecule has 1 heterocycles. The zero-order chi connectivity index (χ0) is 11.4. The monoisotopic (exact) mass is 210 g/mol. The van der Waals surface area contributed by atoms with Crippen LogP contribution < -0.4 is 5.32 Å². The molecule has 1 amide bonds. The van der Waals surface area contributed by atoms with Crippen molar-refractivity contribution in [1.29, 1.82) is 0 Å². The molecular formula is C10H14N2O3. The Balaban J connectivity index is 2.67. The van der Waals surface area contributed by atoms with E-state index in [-0.39, 0.29) is 11.8 Å². The van der Waals surface area contributed by atoms with Crippen LogP contribution in [0.5, 0.6) is 0 Å². The number of aromatic nitrogens is 1. The highest BCUT2D eigenvalue weighted by molar-refractivity contribution is 5.96. The molecule has 0 bridgehead atoms. The number of hydrogen-bond donors (Lipinski definition) is 3. The van der Waals surface area contributed by atoms with Gasteiger partial charge in [-0.2, -0.15) is 0 Å². The first kappa shape index (κ1) is 11.3. The average Bonchev–Trinajstić information content (AvgIpc) is 2.65. The minimum Gasteiger partial charge on any atom is -0.480 e. The van der Waals surface area contributed by atoms with E-state index in [1.165, 1.54) is 6.20 Å². The minimum absolute atomic E-state index is 0.148. The number of carboxylic acids is 1. The molecule has 0 aliphatic carbocycles. The van der Waals surface area contributed by atoms with Crippen LogP contribution in [0.15, 0.2) is 18.5 Å². The van der Waals surface area contributed by atoms with Gasteiger partial charge in [-0.15, -0.1) is 0 Å². The van der Waals surface area contributed by atoms with Crippen molar-refractivity contribution in [3.63, 3.8) is 0 Å². The summed E-state index contributed by atoms with van der Waals surface area (Å²) in [6.07, 6.45) is 3.13. The molecule has 5 heteroatoms. The normalized spacial score (nSPS) is 12.5. The second-order valence-corrected chi connectivity index (χ2v) is 3.63. The highest BCUT2D eigenvalue weighted by Gasteiger charge is 2.23. The topological polar surface area (TPSA) is 82.2 Å². The van der Waals surface area contributed by atoms with Crippen molar-refractivity contribution in [2.75, 3.05) is 0 Å². The van der Waals surface area contributed by atoms with Crippen molar-refractivity contribution >= 4 is 11.9 Å². The van der Waals surface area contributed by atoms with Crippen LogP contribution in [-0.2, 0) is 4.79 Å². The molecule has 0 saturated carbocycles. The number of carbonyl (C=O) groups excluding carboxylic acids is 1. The number of H-pyrrole nitrogens is 1. The van der Waals surface area contributed by atoms with Gasteiger partial charge in [0.2, 0.25) is 0 Å². The Bertz CT molecular complexity index is 344. The highest BCUT2D eigenvalue weighted by atomic mass is 16.4. The van der Waals surface area contributed by atoms with E-state index in [0.717, 1.165) is 0 Å². The number of nitrogens with one attached hydrogen (secondary N) is 2. The van der Waals surface area contributed by atoms with E-state index in [4.69, 9.17) is 5.11 Å². The lowest BCUT2D eigenvalue weighted by Crippen LogP contribution is -2.44. The van der Waals surface area contributed by atoms with Gasteiger partial charge in [0.1, 0.15) is 6.04 Å². The fourth-order valence-corrected chi connectivity index (χ4v) is 1.20. The van der Waals surface area contributed by atoms with Crippen molar-refractivity contribution in [2.45, 2.75) is 19.9 Å². The Morgan fingerprint density at radius 1 is 1.47 bits per heavy atom. The number of carboxylic acid groups (broad SMARTS) is 1. The third kappa shape index (κ3) is 2.83. The molecule has 5 nitrogen and oxygen atoms in total. The fraction of sp³-hybridized carbons (Fsp3) is 0.400. The molecule has 1 aromatic rings. The maximum absolute atomic E-state index is 11.5. The summed E-state index contributed by atoms with van der Waals surface area (Å²) in [6.45, 7) is 3.49. The number of amides is 1. The van der Waals surface area contributed by atoms with Crippen LogP contribution in [0.1, 0.15) is 24.2 Å². The van der Waals surface area contributed by atoms with Gasteiger partial charge in [-0.3, -0.25) is 4.79 Å². The summed E-state index contributed by atoms with van der Waals surface area (Å²) in [5, 5.41) is 11.3. The molecule has 15 heavy (non-hydrogen) atoms. The van der Waals surface area contributed by atoms with Crippen LogP contribution in [-0.4, -0.2) is 28.0 Å². The van der Waals surface area contributed by atoms with Crippen LogP contribution in [0.4, 0.5) is 0 Å². The highest BCUT2D eigenvalue weighted by Crippen LogP contribution is 2.04. The zero-order valence-electron chi connectivity index (χ0n) is 8.65. The Hall–Kier alpha value is -1.78. The van der Waals surface area contributed by atoms with Gasteiger partial charge in [0.05, 0.1) is 5.56 Å². The van der Waals surface area contributed by atoms with Crippen LogP contribution >= 0.6 is 0 Å². The molecule has 1 atom stereocenters. The summed E-state index contributed by atoms with van der Waals surface area (Å²) in [5.41, 5.74) is 0.432. The fourth-order valence-electron chi connectivity index (χ4n) is 1.20. The molecule has 1 rings (SSSR count). The van der Waals surface area contributed by atoms with Gasteiger partial charge in [0, 0.05) is 12.4 Å².